The van der Waals surface area contributed by atoms with Crippen molar-refractivity contribution in [1.82, 2.24) is 9.78 Å². The van der Waals surface area contributed by atoms with Crippen molar-refractivity contribution in [3.05, 3.63) is 41.6 Å². The molecule has 0 aliphatic rings. The minimum atomic E-state index is 0.375. The van der Waals surface area contributed by atoms with Gasteiger partial charge >= 0.3 is 0 Å². The predicted molar refractivity (Wildman–Crippen MR) is 63.2 cm³/mol. The first-order valence-electron chi connectivity index (χ1n) is 5.14. The Balaban J connectivity index is 2.02. The molecule has 4 nitrogen and oxygen atoms in total. The molecule has 0 atom stereocenters. The van der Waals surface area contributed by atoms with E-state index in [0.717, 1.165) is 5.75 Å². The summed E-state index contributed by atoms with van der Waals surface area (Å²) in [5.74, 6) is 1.35. The van der Waals surface area contributed by atoms with Crippen molar-refractivity contribution in [1.29, 1.82) is 0 Å². The maximum Gasteiger partial charge on any atom is 0.180 e. The highest BCUT2D eigenvalue weighted by atomic mass is 16.5. The van der Waals surface area contributed by atoms with Gasteiger partial charge in [0.25, 0.3) is 0 Å². The Morgan fingerprint density at radius 3 is 2.69 bits per heavy atom. The first-order valence-corrected chi connectivity index (χ1v) is 5.14. The molecule has 2 rings (SSSR count). The lowest BCUT2D eigenvalue weighted by Gasteiger charge is -2.08. The maximum absolute atomic E-state index is 5.59. The molecule has 2 aromatic rings. The van der Waals surface area contributed by atoms with Crippen LogP contribution in [0.2, 0.25) is 0 Å². The van der Waals surface area contributed by atoms with E-state index in [1.165, 1.54) is 11.1 Å². The second-order valence-electron chi connectivity index (χ2n) is 3.80. The van der Waals surface area contributed by atoms with E-state index in [-0.39, 0.29) is 0 Å². The van der Waals surface area contributed by atoms with Crippen LogP contribution in [0.25, 0.3) is 0 Å². The number of nitrogen functional groups attached to an aromatic ring is 1. The standard InChI is InChI=1S/C12H15N3O/c1-9-3-4-11(7-10(9)2)16-8-15-6-5-12(13)14-15/h3-7H,8H2,1-2H3,(H2,13,14). The molecular weight excluding hydrogens is 202 g/mol. The molecule has 0 amide bonds. The van der Waals surface area contributed by atoms with Gasteiger partial charge in [-0.15, -0.1) is 0 Å². The molecule has 0 aliphatic carbocycles. The van der Waals surface area contributed by atoms with Crippen molar-refractivity contribution in [2.24, 2.45) is 0 Å². The van der Waals surface area contributed by atoms with Gasteiger partial charge in [0.1, 0.15) is 11.6 Å². The molecule has 4 heteroatoms. The van der Waals surface area contributed by atoms with Gasteiger partial charge in [-0.1, -0.05) is 6.07 Å². The lowest BCUT2D eigenvalue weighted by molar-refractivity contribution is 0.221. The summed E-state index contributed by atoms with van der Waals surface area (Å²) >= 11 is 0. The van der Waals surface area contributed by atoms with Crippen molar-refractivity contribution in [3.8, 4) is 5.75 Å². The molecular formula is C12H15N3O. The number of nitrogens with two attached hydrogens (primary N) is 1. The van der Waals surface area contributed by atoms with Crippen LogP contribution in [-0.4, -0.2) is 9.78 Å². The summed E-state index contributed by atoms with van der Waals surface area (Å²) in [7, 11) is 0. The average molecular weight is 217 g/mol. The summed E-state index contributed by atoms with van der Waals surface area (Å²) in [6.45, 7) is 4.51. The molecule has 84 valence electrons. The largest absolute Gasteiger partial charge is 0.471 e. The Labute approximate surface area is 94.6 Å². The minimum absolute atomic E-state index is 0.375. The van der Waals surface area contributed by atoms with Crippen molar-refractivity contribution in [2.45, 2.75) is 20.6 Å². The number of benzene rings is 1. The van der Waals surface area contributed by atoms with Crippen molar-refractivity contribution in [3.63, 3.8) is 0 Å². The number of anilines is 1. The quantitative estimate of drug-likeness (QED) is 0.856. The van der Waals surface area contributed by atoms with E-state index in [1.54, 1.807) is 16.9 Å². The van der Waals surface area contributed by atoms with Crippen LogP contribution >= 0.6 is 0 Å². The lowest BCUT2D eigenvalue weighted by Crippen LogP contribution is -2.06. The molecule has 0 saturated heterocycles. The van der Waals surface area contributed by atoms with Crippen LogP contribution in [0.1, 0.15) is 11.1 Å². The van der Waals surface area contributed by atoms with Crippen LogP contribution in [0.5, 0.6) is 5.75 Å². The van der Waals surface area contributed by atoms with Gasteiger partial charge in [0.15, 0.2) is 6.73 Å². The Morgan fingerprint density at radius 2 is 2.06 bits per heavy atom. The third-order valence-corrected chi connectivity index (χ3v) is 2.50. The van der Waals surface area contributed by atoms with Crippen LogP contribution in [-0.2, 0) is 6.73 Å². The molecule has 0 aliphatic heterocycles. The fraction of sp³-hybridized carbons (Fsp3) is 0.250. The van der Waals surface area contributed by atoms with Crippen molar-refractivity contribution < 1.29 is 4.74 Å². The average Bonchev–Trinajstić information content (AvgIpc) is 2.66. The molecule has 1 aromatic carbocycles. The van der Waals surface area contributed by atoms with E-state index in [9.17, 15) is 0 Å². The monoisotopic (exact) mass is 217 g/mol. The highest BCUT2D eigenvalue weighted by Crippen LogP contribution is 2.16. The number of rotatable bonds is 3. The summed E-state index contributed by atoms with van der Waals surface area (Å²) in [6.07, 6.45) is 1.79. The van der Waals surface area contributed by atoms with Gasteiger partial charge in [0, 0.05) is 12.3 Å². The molecule has 0 radical (unpaired) electrons. The first kappa shape index (κ1) is 10.5. The Morgan fingerprint density at radius 1 is 1.25 bits per heavy atom. The molecule has 1 aromatic heterocycles. The van der Waals surface area contributed by atoms with Gasteiger partial charge in [0.2, 0.25) is 0 Å². The number of nitrogens with zero attached hydrogens (tertiary/aromatic N) is 2. The number of ether oxygens (including phenoxy) is 1. The summed E-state index contributed by atoms with van der Waals surface area (Å²) in [5.41, 5.74) is 7.98. The van der Waals surface area contributed by atoms with Crippen molar-refractivity contribution in [2.75, 3.05) is 5.73 Å². The van der Waals surface area contributed by atoms with Crippen LogP contribution in [0.15, 0.2) is 30.5 Å². The van der Waals surface area contributed by atoms with E-state index in [2.05, 4.69) is 18.9 Å². The molecule has 0 spiro atoms. The third-order valence-electron chi connectivity index (χ3n) is 2.50. The zero-order valence-corrected chi connectivity index (χ0v) is 9.47. The highest BCUT2D eigenvalue weighted by molar-refractivity contribution is 5.33. The number of hydrogen-bond acceptors (Lipinski definition) is 3. The zero-order chi connectivity index (χ0) is 11.5. The van der Waals surface area contributed by atoms with Gasteiger partial charge in [-0.2, -0.15) is 5.10 Å². The number of aryl methyl sites for hydroxylation is 2. The Hall–Kier alpha value is -1.97. The molecule has 0 unspecified atom stereocenters. The van der Waals surface area contributed by atoms with Crippen LogP contribution in [0.3, 0.4) is 0 Å². The maximum atomic E-state index is 5.59. The highest BCUT2D eigenvalue weighted by Gasteiger charge is 1.98. The van der Waals surface area contributed by atoms with Crippen LogP contribution in [0.4, 0.5) is 5.82 Å². The van der Waals surface area contributed by atoms with Gasteiger partial charge in [-0.25, -0.2) is 4.68 Å². The van der Waals surface area contributed by atoms with E-state index in [0.29, 0.717) is 12.5 Å². The van der Waals surface area contributed by atoms with Crippen LogP contribution in [0, 0.1) is 13.8 Å². The molecule has 0 bridgehead atoms. The minimum Gasteiger partial charge on any atom is -0.471 e. The number of aromatic nitrogens is 2. The van der Waals surface area contributed by atoms with Gasteiger partial charge in [0.05, 0.1) is 0 Å². The number of hydrogen-bond donors (Lipinski definition) is 1. The molecule has 0 fully saturated rings. The van der Waals surface area contributed by atoms with Gasteiger partial charge in [-0.3, -0.25) is 0 Å². The van der Waals surface area contributed by atoms with Gasteiger partial charge < -0.3 is 10.5 Å². The molecule has 2 N–H and O–H groups in total. The summed E-state index contributed by atoms with van der Waals surface area (Å²) in [6, 6.07) is 7.75. The smallest absolute Gasteiger partial charge is 0.180 e. The lowest BCUT2D eigenvalue weighted by atomic mass is 10.1. The molecule has 0 saturated carbocycles. The molecule has 16 heavy (non-hydrogen) atoms. The summed E-state index contributed by atoms with van der Waals surface area (Å²) in [4.78, 5) is 0. The summed E-state index contributed by atoms with van der Waals surface area (Å²) < 4.78 is 7.24. The second-order valence-corrected chi connectivity index (χ2v) is 3.80. The van der Waals surface area contributed by atoms with E-state index in [1.807, 2.05) is 18.2 Å². The topological polar surface area (TPSA) is 53.1 Å². The Kier molecular flexibility index (Phi) is 2.81. The fourth-order valence-corrected chi connectivity index (χ4v) is 1.39. The van der Waals surface area contributed by atoms with Crippen LogP contribution < -0.4 is 10.5 Å². The normalized spacial score (nSPS) is 10.4. The predicted octanol–water partition coefficient (Wildman–Crippen LogP) is 2.12. The summed E-state index contributed by atoms with van der Waals surface area (Å²) in [5, 5.41) is 4.04. The van der Waals surface area contributed by atoms with E-state index < -0.39 is 0 Å². The second kappa shape index (κ2) is 4.26. The fourth-order valence-electron chi connectivity index (χ4n) is 1.39. The third kappa shape index (κ3) is 2.34. The Bertz CT molecular complexity index is 491. The van der Waals surface area contributed by atoms with E-state index >= 15 is 0 Å². The van der Waals surface area contributed by atoms with E-state index in [4.69, 9.17) is 10.5 Å². The van der Waals surface area contributed by atoms with Gasteiger partial charge in [-0.05, 0) is 37.1 Å². The van der Waals surface area contributed by atoms with Crippen molar-refractivity contribution >= 4 is 5.82 Å². The SMILES string of the molecule is Cc1ccc(OCn2ccc(N)n2)cc1C. The molecule has 1 heterocycles. The zero-order valence-electron chi connectivity index (χ0n) is 9.47. The first-order chi connectivity index (χ1) is 7.65.